The zero-order valence-electron chi connectivity index (χ0n) is 23.3. The van der Waals surface area contributed by atoms with Gasteiger partial charge < -0.3 is 21.9 Å². The van der Waals surface area contributed by atoms with Gasteiger partial charge in [-0.1, -0.05) is 67.9 Å². The lowest BCUT2D eigenvalue weighted by Gasteiger charge is -2.31. The Balaban J connectivity index is 1.53. The second kappa shape index (κ2) is 15.3. The minimum atomic E-state index is -4.04. The van der Waals surface area contributed by atoms with Crippen molar-refractivity contribution >= 4 is 27.5 Å². The lowest BCUT2D eigenvalue weighted by molar-refractivity contribution is -0.121. The number of hydrogen-bond acceptors (Lipinski definition) is 6. The number of amides is 2. The smallest absolute Gasteiger partial charge is 0.243 e. The average Bonchev–Trinajstić information content (AvgIpc) is 2.97. The van der Waals surface area contributed by atoms with E-state index in [1.807, 2.05) is 54.6 Å². The van der Waals surface area contributed by atoms with E-state index in [1.54, 1.807) is 13.3 Å². The number of rotatable bonds is 16. The Bertz CT molecular complexity index is 1380. The first kappa shape index (κ1) is 31.8. The van der Waals surface area contributed by atoms with Crippen molar-refractivity contribution in [3.8, 4) is 11.1 Å². The molecule has 2 atom stereocenters. The van der Waals surface area contributed by atoms with Crippen LogP contribution in [0.5, 0.6) is 0 Å². The number of unbranched alkanes of at least 4 members (excludes halogenated alkanes) is 1. The Hall–Kier alpha value is -3.73. The number of carbonyl (C=O) groups is 2. The molecule has 0 saturated carbocycles. The second-order valence-corrected chi connectivity index (χ2v) is 11.9. The fourth-order valence-electron chi connectivity index (χ4n) is 4.49. The SMILES string of the molecule is CC(CN(C(CO)CCCCNC(=O)[CH]Cc1ccccc1-c1ccccc1)S(=O)(=O)c1ccc(N)cc1)C(N)=O. The van der Waals surface area contributed by atoms with Gasteiger partial charge in [0.05, 0.1) is 17.9 Å². The van der Waals surface area contributed by atoms with Gasteiger partial charge in [0.2, 0.25) is 21.8 Å². The van der Waals surface area contributed by atoms with Crippen LogP contribution in [0.15, 0.2) is 83.8 Å². The highest BCUT2D eigenvalue weighted by atomic mass is 32.2. The lowest BCUT2D eigenvalue weighted by Crippen LogP contribution is -2.46. The van der Waals surface area contributed by atoms with E-state index in [0.717, 1.165) is 21.0 Å². The van der Waals surface area contributed by atoms with Crippen molar-refractivity contribution in [1.29, 1.82) is 0 Å². The van der Waals surface area contributed by atoms with E-state index in [2.05, 4.69) is 5.32 Å². The summed E-state index contributed by atoms with van der Waals surface area (Å²) in [6.07, 6.45) is 3.56. The van der Waals surface area contributed by atoms with Crippen molar-refractivity contribution in [3.63, 3.8) is 0 Å². The second-order valence-electron chi connectivity index (χ2n) is 10.0. The fourth-order valence-corrected chi connectivity index (χ4v) is 6.23. The predicted octanol–water partition coefficient (Wildman–Crippen LogP) is 3.14. The molecule has 3 aromatic carbocycles. The number of nitrogen functional groups attached to an aromatic ring is 1. The molecule has 2 unspecified atom stereocenters. The number of hydrogen-bond donors (Lipinski definition) is 4. The number of carbonyl (C=O) groups excluding carboxylic acids is 2. The molecule has 3 rings (SSSR count). The van der Waals surface area contributed by atoms with E-state index in [0.29, 0.717) is 37.9 Å². The first-order valence-corrected chi connectivity index (χ1v) is 15.1. The molecule has 0 bridgehead atoms. The van der Waals surface area contributed by atoms with E-state index >= 15 is 0 Å². The fraction of sp³-hybridized carbons (Fsp3) is 0.323. The molecule has 0 saturated heterocycles. The van der Waals surface area contributed by atoms with Crippen LogP contribution >= 0.6 is 0 Å². The number of anilines is 1. The Morgan fingerprint density at radius 3 is 2.29 bits per heavy atom. The van der Waals surface area contributed by atoms with E-state index in [-0.39, 0.29) is 17.3 Å². The van der Waals surface area contributed by atoms with Gasteiger partial charge in [0.1, 0.15) is 0 Å². The van der Waals surface area contributed by atoms with E-state index in [1.165, 1.54) is 24.3 Å². The van der Waals surface area contributed by atoms with Crippen LogP contribution in [0, 0.1) is 12.3 Å². The number of aliphatic hydroxyl groups excluding tert-OH is 1. The van der Waals surface area contributed by atoms with Crippen LogP contribution in [-0.2, 0) is 26.0 Å². The maximum absolute atomic E-state index is 13.4. The molecule has 0 spiro atoms. The number of nitrogens with zero attached hydrogens (tertiary/aromatic N) is 1. The molecule has 219 valence electrons. The van der Waals surface area contributed by atoms with Gasteiger partial charge in [0.15, 0.2) is 0 Å². The summed E-state index contributed by atoms with van der Waals surface area (Å²) in [4.78, 5) is 24.2. The summed E-state index contributed by atoms with van der Waals surface area (Å²) < 4.78 is 28.0. The highest BCUT2D eigenvalue weighted by molar-refractivity contribution is 7.89. The number of nitrogens with two attached hydrogens (primary N) is 2. The monoisotopic (exact) mass is 579 g/mol. The first-order valence-electron chi connectivity index (χ1n) is 13.7. The Morgan fingerprint density at radius 1 is 0.976 bits per heavy atom. The van der Waals surface area contributed by atoms with Gasteiger partial charge in [-0.15, -0.1) is 0 Å². The van der Waals surface area contributed by atoms with Gasteiger partial charge in [-0.05, 0) is 60.2 Å². The maximum Gasteiger partial charge on any atom is 0.243 e. The van der Waals surface area contributed by atoms with Gasteiger partial charge in [-0.3, -0.25) is 9.59 Å². The summed E-state index contributed by atoms with van der Waals surface area (Å²) in [7, 11) is -4.04. The molecule has 6 N–H and O–H groups in total. The van der Waals surface area contributed by atoms with Gasteiger partial charge in [-0.2, -0.15) is 4.31 Å². The van der Waals surface area contributed by atoms with Gasteiger partial charge in [0, 0.05) is 30.7 Å². The number of primary amides is 1. The summed E-state index contributed by atoms with van der Waals surface area (Å²) in [5.74, 6) is -1.58. The van der Waals surface area contributed by atoms with Crippen molar-refractivity contribution < 1.29 is 23.1 Å². The molecule has 1 radical (unpaired) electrons. The minimum Gasteiger partial charge on any atom is -0.399 e. The van der Waals surface area contributed by atoms with Crippen molar-refractivity contribution in [2.45, 2.75) is 43.5 Å². The van der Waals surface area contributed by atoms with Crippen molar-refractivity contribution in [1.82, 2.24) is 9.62 Å². The van der Waals surface area contributed by atoms with E-state index in [4.69, 9.17) is 11.5 Å². The maximum atomic E-state index is 13.4. The number of sulfonamides is 1. The highest BCUT2D eigenvalue weighted by Crippen LogP contribution is 2.25. The standard InChI is InChI=1S/C31H39N4O5S/c1-23(31(33)38)21-35(41(39,40)28-17-15-26(32)16-18-28)27(22-36)12-7-8-20-34-30(37)19-14-25-11-5-6-13-29(25)24-9-3-2-4-10-24/h2-6,9-11,13,15-19,23,27,36H,7-8,12,14,20-22,32H2,1H3,(H2,33,38)(H,34,37). The molecule has 9 nitrogen and oxygen atoms in total. The number of aliphatic hydroxyl groups is 1. The zero-order chi connectivity index (χ0) is 29.8. The normalized spacial score (nSPS) is 13.0. The first-order chi connectivity index (χ1) is 19.6. The molecule has 3 aromatic rings. The van der Waals surface area contributed by atoms with Crippen LogP contribution in [0.2, 0.25) is 0 Å². The molecule has 2 amide bonds. The number of benzene rings is 3. The lowest BCUT2D eigenvalue weighted by atomic mass is 9.97. The molecular weight excluding hydrogens is 540 g/mol. The molecule has 41 heavy (non-hydrogen) atoms. The van der Waals surface area contributed by atoms with E-state index in [9.17, 15) is 23.1 Å². The van der Waals surface area contributed by atoms with Crippen LogP contribution in [0.25, 0.3) is 11.1 Å². The van der Waals surface area contributed by atoms with Crippen LogP contribution in [-0.4, -0.2) is 55.4 Å². The third-order valence-corrected chi connectivity index (χ3v) is 8.85. The molecule has 0 aliphatic rings. The van der Waals surface area contributed by atoms with Crippen LogP contribution < -0.4 is 16.8 Å². The number of nitrogens with one attached hydrogen (secondary N) is 1. The average molecular weight is 580 g/mol. The molecule has 0 aromatic heterocycles. The van der Waals surface area contributed by atoms with Gasteiger partial charge in [-0.25, -0.2) is 8.42 Å². The summed E-state index contributed by atoms with van der Waals surface area (Å²) in [5.41, 5.74) is 14.8. The summed E-state index contributed by atoms with van der Waals surface area (Å²) in [5, 5.41) is 13.0. The largest absolute Gasteiger partial charge is 0.399 e. The Labute approximate surface area is 242 Å². The zero-order valence-corrected chi connectivity index (χ0v) is 24.1. The van der Waals surface area contributed by atoms with E-state index < -0.39 is 34.5 Å². The minimum absolute atomic E-state index is 0.0125. The Morgan fingerprint density at radius 2 is 1.63 bits per heavy atom. The predicted molar refractivity (Wildman–Crippen MR) is 161 cm³/mol. The van der Waals surface area contributed by atoms with Gasteiger partial charge >= 0.3 is 0 Å². The molecule has 0 aliphatic heterocycles. The summed E-state index contributed by atoms with van der Waals surface area (Å²) in [6.45, 7) is 1.35. The third kappa shape index (κ3) is 9.14. The van der Waals surface area contributed by atoms with Crippen molar-refractivity contribution in [2.24, 2.45) is 11.7 Å². The molecule has 0 aliphatic carbocycles. The van der Waals surface area contributed by atoms with Crippen LogP contribution in [0.4, 0.5) is 5.69 Å². The van der Waals surface area contributed by atoms with Crippen molar-refractivity contribution in [3.05, 3.63) is 90.8 Å². The molecule has 0 fully saturated rings. The van der Waals surface area contributed by atoms with Gasteiger partial charge in [0.25, 0.3) is 0 Å². The van der Waals surface area contributed by atoms with Crippen molar-refractivity contribution in [2.75, 3.05) is 25.4 Å². The molecular formula is C31H39N4O5S. The molecule has 0 heterocycles. The summed E-state index contributed by atoms with van der Waals surface area (Å²) in [6, 6.07) is 23.0. The quantitative estimate of drug-likeness (QED) is 0.151. The van der Waals surface area contributed by atoms with Crippen LogP contribution in [0.1, 0.15) is 31.7 Å². The highest BCUT2D eigenvalue weighted by Gasteiger charge is 2.33. The third-order valence-electron chi connectivity index (χ3n) is 6.92. The summed E-state index contributed by atoms with van der Waals surface area (Å²) >= 11 is 0. The topological polar surface area (TPSA) is 156 Å². The molecule has 10 heteroatoms. The van der Waals surface area contributed by atoms with Crippen LogP contribution in [0.3, 0.4) is 0 Å². The Kier molecular flexibility index (Phi) is 11.9.